The van der Waals surface area contributed by atoms with Crippen LogP contribution in [0.15, 0.2) is 59.5 Å². The number of hydrogen-bond donors (Lipinski definition) is 3. The summed E-state index contributed by atoms with van der Waals surface area (Å²) in [5.41, 5.74) is 1.85. The van der Waals surface area contributed by atoms with Crippen molar-refractivity contribution in [3.63, 3.8) is 0 Å². The average Bonchev–Trinajstić information content (AvgIpc) is 2.70. The van der Waals surface area contributed by atoms with E-state index in [1.165, 1.54) is 36.7 Å². The van der Waals surface area contributed by atoms with Gasteiger partial charge in [0.05, 0.1) is 4.90 Å². The molecule has 2 aromatic carbocycles. The number of amides is 2. The zero-order valence-corrected chi connectivity index (χ0v) is 18.6. The molecular weight excluding hydrogens is 422 g/mol. The van der Waals surface area contributed by atoms with E-state index in [1.54, 1.807) is 51.1 Å². The SMILES string of the molecule is C[C@@H](C(=O)NO)N(Cc1ccccc1)S(=O)(=O)c1ccc(NC(=O)OC(C)(C)C)cc1. The molecule has 1 atom stereocenters. The molecule has 0 aliphatic rings. The van der Waals surface area contributed by atoms with Crippen molar-refractivity contribution >= 4 is 27.7 Å². The van der Waals surface area contributed by atoms with Gasteiger partial charge in [-0.1, -0.05) is 30.3 Å². The van der Waals surface area contributed by atoms with Crippen LogP contribution >= 0.6 is 0 Å². The Hall–Kier alpha value is -2.95. The lowest BCUT2D eigenvalue weighted by molar-refractivity contribution is -0.132. The molecule has 2 amide bonds. The molecule has 3 N–H and O–H groups in total. The van der Waals surface area contributed by atoms with E-state index in [2.05, 4.69) is 5.32 Å². The molecular formula is C21H27N3O6S. The third kappa shape index (κ3) is 6.78. The zero-order chi connectivity index (χ0) is 23.2. The molecule has 0 spiro atoms. The highest BCUT2D eigenvalue weighted by Gasteiger charge is 2.33. The number of ether oxygens (including phenoxy) is 1. The quantitative estimate of drug-likeness (QED) is 0.441. The molecule has 168 valence electrons. The van der Waals surface area contributed by atoms with Gasteiger partial charge in [0.15, 0.2) is 0 Å². The smallest absolute Gasteiger partial charge is 0.412 e. The molecule has 31 heavy (non-hydrogen) atoms. The minimum absolute atomic E-state index is 0.0734. The third-order valence-corrected chi connectivity index (χ3v) is 6.14. The fraction of sp³-hybridized carbons (Fsp3) is 0.333. The maximum absolute atomic E-state index is 13.3. The van der Waals surface area contributed by atoms with Crippen LogP contribution in [-0.4, -0.2) is 41.6 Å². The lowest BCUT2D eigenvalue weighted by Gasteiger charge is -2.27. The molecule has 0 aliphatic heterocycles. The van der Waals surface area contributed by atoms with Gasteiger partial charge < -0.3 is 4.74 Å². The largest absolute Gasteiger partial charge is 0.444 e. The molecule has 0 saturated carbocycles. The van der Waals surface area contributed by atoms with Gasteiger partial charge in [0.25, 0.3) is 5.91 Å². The fourth-order valence-corrected chi connectivity index (χ4v) is 4.27. The third-order valence-electron chi connectivity index (χ3n) is 4.21. The van der Waals surface area contributed by atoms with Gasteiger partial charge in [-0.15, -0.1) is 0 Å². The minimum Gasteiger partial charge on any atom is -0.444 e. The van der Waals surface area contributed by atoms with Crippen molar-refractivity contribution in [3.8, 4) is 0 Å². The second-order valence-electron chi connectivity index (χ2n) is 7.84. The number of nitrogens with one attached hydrogen (secondary N) is 2. The van der Waals surface area contributed by atoms with Crippen molar-refractivity contribution in [3.05, 3.63) is 60.2 Å². The molecule has 2 aromatic rings. The predicted molar refractivity (Wildman–Crippen MR) is 115 cm³/mol. The van der Waals surface area contributed by atoms with Crippen LogP contribution in [0.3, 0.4) is 0 Å². The van der Waals surface area contributed by atoms with Crippen LogP contribution < -0.4 is 10.8 Å². The highest BCUT2D eigenvalue weighted by atomic mass is 32.2. The van der Waals surface area contributed by atoms with Crippen molar-refractivity contribution in [2.75, 3.05) is 5.32 Å². The Kier molecular flexibility index (Phi) is 7.77. The van der Waals surface area contributed by atoms with Crippen molar-refractivity contribution in [1.82, 2.24) is 9.79 Å². The number of anilines is 1. The maximum atomic E-state index is 13.3. The molecule has 0 fully saturated rings. The number of carbonyl (C=O) groups is 2. The number of benzene rings is 2. The van der Waals surface area contributed by atoms with E-state index in [9.17, 15) is 18.0 Å². The van der Waals surface area contributed by atoms with Crippen LogP contribution in [-0.2, 0) is 26.1 Å². The lowest BCUT2D eigenvalue weighted by atomic mass is 10.2. The van der Waals surface area contributed by atoms with E-state index in [0.717, 1.165) is 4.31 Å². The summed E-state index contributed by atoms with van der Waals surface area (Å²) in [4.78, 5) is 23.8. The number of nitrogens with zero attached hydrogens (tertiary/aromatic N) is 1. The molecule has 0 unspecified atom stereocenters. The summed E-state index contributed by atoms with van der Waals surface area (Å²) in [7, 11) is -4.11. The highest BCUT2D eigenvalue weighted by Crippen LogP contribution is 2.23. The molecule has 0 aromatic heterocycles. The van der Waals surface area contributed by atoms with Crippen LogP contribution in [0.4, 0.5) is 10.5 Å². The van der Waals surface area contributed by atoms with Gasteiger partial charge in [-0.3, -0.25) is 15.3 Å². The molecule has 0 aliphatic carbocycles. The van der Waals surface area contributed by atoms with E-state index in [-0.39, 0.29) is 11.4 Å². The van der Waals surface area contributed by atoms with E-state index < -0.39 is 33.7 Å². The van der Waals surface area contributed by atoms with Gasteiger partial charge in [0.2, 0.25) is 10.0 Å². The van der Waals surface area contributed by atoms with Crippen LogP contribution in [0.5, 0.6) is 0 Å². The van der Waals surface area contributed by atoms with Crippen LogP contribution in [0.25, 0.3) is 0 Å². The summed E-state index contributed by atoms with van der Waals surface area (Å²) in [5.74, 6) is -0.859. The van der Waals surface area contributed by atoms with Crippen molar-refractivity contribution < 1.29 is 28.0 Å². The average molecular weight is 450 g/mol. The second kappa shape index (κ2) is 9.90. The molecule has 2 rings (SSSR count). The minimum atomic E-state index is -4.11. The number of rotatable bonds is 7. The summed E-state index contributed by atoms with van der Waals surface area (Å²) in [6, 6.07) is 13.1. The van der Waals surface area contributed by atoms with Crippen LogP contribution in [0, 0.1) is 0 Å². The Balaban J connectivity index is 2.29. The highest BCUT2D eigenvalue weighted by molar-refractivity contribution is 7.89. The summed E-state index contributed by atoms with van der Waals surface area (Å²) in [6.45, 7) is 6.49. The molecule has 0 bridgehead atoms. The number of hydrogen-bond acceptors (Lipinski definition) is 6. The van der Waals surface area contributed by atoms with Gasteiger partial charge in [-0.05, 0) is 57.5 Å². The van der Waals surface area contributed by atoms with Crippen molar-refractivity contribution in [2.45, 2.75) is 50.8 Å². The first-order valence-electron chi connectivity index (χ1n) is 9.54. The zero-order valence-electron chi connectivity index (χ0n) is 17.8. The van der Waals surface area contributed by atoms with Crippen molar-refractivity contribution in [1.29, 1.82) is 0 Å². The monoisotopic (exact) mass is 449 g/mol. The maximum Gasteiger partial charge on any atom is 0.412 e. The van der Waals surface area contributed by atoms with Crippen LogP contribution in [0.2, 0.25) is 0 Å². The van der Waals surface area contributed by atoms with Gasteiger partial charge in [-0.25, -0.2) is 18.7 Å². The Labute approximate surface area is 182 Å². The number of carbonyl (C=O) groups excluding carboxylic acids is 2. The summed E-state index contributed by atoms with van der Waals surface area (Å²) in [6.07, 6.45) is -0.665. The normalized spacial score (nSPS) is 12.8. The van der Waals surface area contributed by atoms with Crippen molar-refractivity contribution in [2.24, 2.45) is 0 Å². The number of hydroxylamine groups is 1. The lowest BCUT2D eigenvalue weighted by Crippen LogP contribution is -2.46. The van der Waals surface area contributed by atoms with E-state index in [0.29, 0.717) is 11.3 Å². The molecule has 0 saturated heterocycles. The van der Waals surface area contributed by atoms with Gasteiger partial charge >= 0.3 is 6.09 Å². The Morgan fingerprint density at radius 3 is 2.16 bits per heavy atom. The standard InChI is InChI=1S/C21H27N3O6S/c1-15(19(25)23-27)24(14-16-8-6-5-7-9-16)31(28,29)18-12-10-17(11-13-18)22-20(26)30-21(2,3)4/h5-13,15,27H,14H2,1-4H3,(H,22,26)(H,23,25)/t15-/m0/s1. The van der Waals surface area contributed by atoms with Gasteiger partial charge in [-0.2, -0.15) is 4.31 Å². The number of sulfonamides is 1. The predicted octanol–water partition coefficient (Wildman–Crippen LogP) is 3.12. The fourth-order valence-electron chi connectivity index (χ4n) is 2.68. The summed E-state index contributed by atoms with van der Waals surface area (Å²) >= 11 is 0. The molecule has 10 heteroatoms. The van der Waals surface area contributed by atoms with Crippen LogP contribution in [0.1, 0.15) is 33.3 Å². The van der Waals surface area contributed by atoms with E-state index in [4.69, 9.17) is 9.94 Å². The molecule has 0 heterocycles. The Morgan fingerprint density at radius 1 is 1.06 bits per heavy atom. The second-order valence-corrected chi connectivity index (χ2v) is 9.73. The first kappa shape index (κ1) is 24.3. The first-order chi connectivity index (χ1) is 14.4. The Bertz CT molecular complexity index is 1000. The first-order valence-corrected chi connectivity index (χ1v) is 11.0. The molecule has 9 nitrogen and oxygen atoms in total. The van der Waals surface area contributed by atoms with Gasteiger partial charge in [0.1, 0.15) is 11.6 Å². The molecule has 0 radical (unpaired) electrons. The summed E-state index contributed by atoms with van der Waals surface area (Å²) < 4.78 is 32.7. The van der Waals surface area contributed by atoms with E-state index in [1.807, 2.05) is 0 Å². The Morgan fingerprint density at radius 2 is 1.65 bits per heavy atom. The topological polar surface area (TPSA) is 125 Å². The summed E-state index contributed by atoms with van der Waals surface area (Å²) in [5, 5.41) is 11.5. The van der Waals surface area contributed by atoms with Gasteiger partial charge in [0, 0.05) is 12.2 Å². The van der Waals surface area contributed by atoms with E-state index >= 15 is 0 Å².